The van der Waals surface area contributed by atoms with Gasteiger partial charge >= 0.3 is 0 Å². The van der Waals surface area contributed by atoms with Gasteiger partial charge in [-0.05, 0) is 72.0 Å². The van der Waals surface area contributed by atoms with E-state index in [1.807, 2.05) is 31.2 Å². The van der Waals surface area contributed by atoms with Gasteiger partial charge in [0.1, 0.15) is 29.8 Å². The van der Waals surface area contributed by atoms with Gasteiger partial charge in [-0.2, -0.15) is 15.1 Å². The van der Waals surface area contributed by atoms with Crippen LogP contribution in [0.5, 0.6) is 11.5 Å². The largest absolute Gasteiger partial charge is 0.490 e. The molecule has 0 radical (unpaired) electrons. The number of aliphatic imine (C=N–C) groups is 1. The van der Waals surface area contributed by atoms with E-state index < -0.39 is 5.91 Å². The summed E-state index contributed by atoms with van der Waals surface area (Å²) in [7, 11) is 0. The Morgan fingerprint density at radius 3 is 2.56 bits per heavy atom. The zero-order valence-electron chi connectivity index (χ0n) is 19.8. The zero-order valence-corrected chi connectivity index (χ0v) is 20.6. The van der Waals surface area contributed by atoms with Gasteiger partial charge in [-0.1, -0.05) is 45.0 Å². The molecule has 1 N–H and O–H groups in total. The Hall–Kier alpha value is -3.39. The molecule has 2 aromatic rings. The van der Waals surface area contributed by atoms with Crippen molar-refractivity contribution >= 4 is 39.8 Å². The molecule has 0 atom stereocenters. The Bertz CT molecular complexity index is 1200. The van der Waals surface area contributed by atoms with E-state index in [0.29, 0.717) is 30.0 Å². The van der Waals surface area contributed by atoms with Crippen LogP contribution in [0.2, 0.25) is 0 Å². The lowest BCUT2D eigenvalue weighted by atomic mass is 10.0. The number of ether oxygens (including phenoxy) is 2. The maximum atomic E-state index is 12.5. The monoisotopic (exact) mass is 476 g/mol. The molecule has 176 valence electrons. The van der Waals surface area contributed by atoms with Crippen LogP contribution in [-0.4, -0.2) is 40.2 Å². The molecule has 0 saturated heterocycles. The number of fused-ring (bicyclic) bond motifs is 1. The van der Waals surface area contributed by atoms with E-state index in [1.165, 1.54) is 22.3 Å². The van der Waals surface area contributed by atoms with Crippen LogP contribution in [0.15, 0.2) is 58.1 Å². The molecular weight excluding hydrogens is 448 g/mol. The van der Waals surface area contributed by atoms with Crippen molar-refractivity contribution in [3.05, 3.63) is 64.7 Å². The summed E-state index contributed by atoms with van der Waals surface area (Å²) in [6.07, 6.45) is 2.39. The van der Waals surface area contributed by atoms with Crippen LogP contribution in [0.3, 0.4) is 0 Å². The van der Waals surface area contributed by atoms with Crippen LogP contribution in [0, 0.1) is 12.3 Å². The van der Waals surface area contributed by atoms with Crippen molar-refractivity contribution in [1.82, 2.24) is 5.01 Å². The smallest absolute Gasteiger partial charge is 0.283 e. The summed E-state index contributed by atoms with van der Waals surface area (Å²) in [5.41, 5.74) is 3.35. The minimum absolute atomic E-state index is 0.0420. The number of amides is 1. The quantitative estimate of drug-likeness (QED) is 0.395. The number of carbonyl (C=O) groups excluding carboxylic acids is 1. The topological polar surface area (TPSA) is 87.3 Å². The molecule has 2 heterocycles. The van der Waals surface area contributed by atoms with Gasteiger partial charge in [0.2, 0.25) is 5.17 Å². The molecule has 0 aliphatic carbocycles. The van der Waals surface area contributed by atoms with Crippen molar-refractivity contribution in [3.8, 4) is 11.5 Å². The van der Waals surface area contributed by atoms with Crippen molar-refractivity contribution < 1.29 is 14.3 Å². The number of amidine groups is 2. The van der Waals surface area contributed by atoms with Gasteiger partial charge in [-0.25, -0.2) is 0 Å². The van der Waals surface area contributed by atoms with Gasteiger partial charge in [-0.15, -0.1) is 0 Å². The molecule has 2 aliphatic heterocycles. The van der Waals surface area contributed by atoms with Crippen molar-refractivity contribution in [1.29, 1.82) is 5.41 Å². The number of hydrazone groups is 1. The van der Waals surface area contributed by atoms with Gasteiger partial charge in [-0.3, -0.25) is 10.2 Å². The van der Waals surface area contributed by atoms with Gasteiger partial charge < -0.3 is 9.47 Å². The molecule has 1 amide bonds. The molecule has 34 heavy (non-hydrogen) atoms. The number of nitrogens with one attached hydrogen (secondary N) is 1. The van der Waals surface area contributed by atoms with Crippen molar-refractivity contribution in [2.75, 3.05) is 13.2 Å². The van der Waals surface area contributed by atoms with Crippen LogP contribution in [0.1, 0.15) is 49.8 Å². The first-order chi connectivity index (χ1) is 16.4. The molecule has 0 unspecified atom stereocenters. The van der Waals surface area contributed by atoms with E-state index in [9.17, 15) is 4.79 Å². The summed E-state index contributed by atoms with van der Waals surface area (Å²) >= 11 is 1.33. The Kier molecular flexibility index (Phi) is 7.17. The van der Waals surface area contributed by atoms with E-state index in [-0.39, 0.29) is 11.4 Å². The highest BCUT2D eigenvalue weighted by Crippen LogP contribution is 2.30. The Morgan fingerprint density at radius 1 is 1.12 bits per heavy atom. The van der Waals surface area contributed by atoms with Crippen LogP contribution in [0.4, 0.5) is 0 Å². The number of rotatable bonds is 8. The fourth-order valence-corrected chi connectivity index (χ4v) is 4.38. The van der Waals surface area contributed by atoms with Gasteiger partial charge in [0.25, 0.3) is 5.91 Å². The lowest BCUT2D eigenvalue weighted by Crippen LogP contribution is -2.35. The fourth-order valence-electron chi connectivity index (χ4n) is 3.56. The second kappa shape index (κ2) is 10.3. The van der Waals surface area contributed by atoms with Crippen LogP contribution >= 0.6 is 11.8 Å². The number of carbonyl (C=O) groups is 1. The third-order valence-corrected chi connectivity index (χ3v) is 6.44. The number of hydrogen-bond donors (Lipinski definition) is 1. The Morgan fingerprint density at radius 2 is 1.85 bits per heavy atom. The summed E-state index contributed by atoms with van der Waals surface area (Å²) < 4.78 is 11.8. The molecule has 0 fully saturated rings. The predicted octanol–water partition coefficient (Wildman–Crippen LogP) is 5.61. The first-order valence-electron chi connectivity index (χ1n) is 11.3. The number of nitrogens with zero attached hydrogens (tertiary/aromatic N) is 3. The van der Waals surface area contributed by atoms with E-state index in [2.05, 4.69) is 49.1 Å². The zero-order chi connectivity index (χ0) is 24.2. The first-order valence-corrected chi connectivity index (χ1v) is 12.1. The minimum Gasteiger partial charge on any atom is -0.490 e. The lowest BCUT2D eigenvalue weighted by Gasteiger charge is -2.20. The fraction of sp³-hybridized carbons (Fsp3) is 0.308. The molecule has 2 aliphatic rings. The van der Waals surface area contributed by atoms with Gasteiger partial charge in [0.05, 0.1) is 5.57 Å². The summed E-state index contributed by atoms with van der Waals surface area (Å²) in [5, 5.41) is 15.5. The van der Waals surface area contributed by atoms with E-state index in [4.69, 9.17) is 14.9 Å². The standard InChI is InChI=1S/C26H28N4O3S/c1-5-23-29-30-24(27)21(25(31)28-26(30)34-23)15-18-7-9-19(10-8-18)32-12-13-33-22-14-17(4)6-11-20(22)16(2)3/h6-11,14-16,27H,5,12-13H2,1-4H3/b21-15+,27-24?. The summed E-state index contributed by atoms with van der Waals surface area (Å²) in [6.45, 7) is 9.19. The molecule has 0 spiro atoms. The average molecular weight is 477 g/mol. The van der Waals surface area contributed by atoms with Crippen molar-refractivity contribution in [2.45, 2.75) is 40.0 Å². The molecule has 0 bridgehead atoms. The van der Waals surface area contributed by atoms with Crippen LogP contribution in [-0.2, 0) is 4.79 Å². The number of thioether (sulfide) groups is 1. The highest BCUT2D eigenvalue weighted by molar-refractivity contribution is 8.26. The lowest BCUT2D eigenvalue weighted by molar-refractivity contribution is -0.114. The average Bonchev–Trinajstić information content (AvgIpc) is 3.23. The van der Waals surface area contributed by atoms with Gasteiger partial charge in [0.15, 0.2) is 5.84 Å². The van der Waals surface area contributed by atoms with E-state index >= 15 is 0 Å². The highest BCUT2D eigenvalue weighted by Gasteiger charge is 2.35. The van der Waals surface area contributed by atoms with Crippen molar-refractivity contribution in [2.24, 2.45) is 10.1 Å². The minimum atomic E-state index is -0.425. The predicted molar refractivity (Wildman–Crippen MR) is 138 cm³/mol. The summed E-state index contributed by atoms with van der Waals surface area (Å²) in [5.74, 6) is 1.61. The molecule has 0 saturated carbocycles. The van der Waals surface area contributed by atoms with E-state index in [0.717, 1.165) is 28.3 Å². The third kappa shape index (κ3) is 5.22. The normalized spacial score (nSPS) is 16.6. The first kappa shape index (κ1) is 23.8. The third-order valence-electron chi connectivity index (χ3n) is 5.39. The molecule has 0 aromatic heterocycles. The summed E-state index contributed by atoms with van der Waals surface area (Å²) in [6, 6.07) is 13.6. The maximum Gasteiger partial charge on any atom is 0.283 e. The molecule has 4 rings (SSSR count). The number of hydrogen-bond acceptors (Lipinski definition) is 6. The van der Waals surface area contributed by atoms with E-state index in [1.54, 1.807) is 6.08 Å². The van der Waals surface area contributed by atoms with Crippen LogP contribution in [0.25, 0.3) is 6.08 Å². The Balaban J connectivity index is 1.36. The molecular formula is C26H28N4O3S. The second-order valence-electron chi connectivity index (χ2n) is 8.33. The molecule has 8 heteroatoms. The molecule has 2 aromatic carbocycles. The second-order valence-corrected chi connectivity index (χ2v) is 9.37. The SMILES string of the molecule is CCC1=NN2C(=N)/C(=C\c3ccc(OCCOc4cc(C)ccc4C(C)C)cc3)C(=O)N=C2S1. The highest BCUT2D eigenvalue weighted by atomic mass is 32.2. The van der Waals surface area contributed by atoms with Gasteiger partial charge in [0, 0.05) is 0 Å². The maximum absolute atomic E-state index is 12.5. The van der Waals surface area contributed by atoms with Crippen molar-refractivity contribution in [3.63, 3.8) is 0 Å². The molecule has 7 nitrogen and oxygen atoms in total. The summed E-state index contributed by atoms with van der Waals surface area (Å²) in [4.78, 5) is 16.6. The number of benzene rings is 2. The number of aryl methyl sites for hydroxylation is 1. The Labute approximate surface area is 204 Å². The van der Waals surface area contributed by atoms with Crippen LogP contribution < -0.4 is 9.47 Å².